The second-order valence-electron chi connectivity index (χ2n) is 5.94. The Kier molecular flexibility index (Phi) is 4.08. The van der Waals surface area contributed by atoms with Crippen LogP contribution in [0.4, 0.5) is 0 Å². The fraction of sp³-hybridized carbons (Fsp3) is 0.471. The predicted octanol–water partition coefficient (Wildman–Crippen LogP) is 2.41. The van der Waals surface area contributed by atoms with Gasteiger partial charge in [-0.1, -0.05) is 11.6 Å². The summed E-state index contributed by atoms with van der Waals surface area (Å²) in [5.41, 5.74) is 4.04. The molecule has 1 atom stereocenters. The minimum absolute atomic E-state index is 0.00528. The number of rotatable bonds is 4. The highest BCUT2D eigenvalue weighted by Crippen LogP contribution is 2.18. The Labute approximate surface area is 124 Å². The molecule has 1 aromatic carbocycles. The molecule has 1 fully saturated rings. The lowest BCUT2D eigenvalue weighted by atomic mass is 10.1. The smallest absolute Gasteiger partial charge is 0.252 e. The molecule has 4 heteroatoms. The molecule has 0 unspecified atom stereocenters. The maximum Gasteiger partial charge on any atom is 0.252 e. The van der Waals surface area contributed by atoms with Crippen LogP contribution in [-0.2, 0) is 11.3 Å². The van der Waals surface area contributed by atoms with E-state index in [9.17, 15) is 4.79 Å². The van der Waals surface area contributed by atoms with Crippen LogP contribution >= 0.6 is 0 Å². The largest absolute Gasteiger partial charge is 0.377 e. The fourth-order valence-electron chi connectivity index (χ4n) is 3.04. The van der Waals surface area contributed by atoms with Crippen molar-refractivity contribution in [2.24, 2.45) is 0 Å². The van der Waals surface area contributed by atoms with Gasteiger partial charge in [-0.05, 0) is 49.8 Å². The average molecular weight is 286 g/mol. The number of nitrogens with one attached hydrogen (secondary N) is 2. The van der Waals surface area contributed by atoms with Gasteiger partial charge < -0.3 is 15.0 Å². The highest BCUT2D eigenvalue weighted by molar-refractivity contribution is 5.82. The molecule has 21 heavy (non-hydrogen) atoms. The zero-order valence-electron chi connectivity index (χ0n) is 12.7. The van der Waals surface area contributed by atoms with E-state index in [4.69, 9.17) is 4.74 Å². The van der Waals surface area contributed by atoms with Gasteiger partial charge in [-0.15, -0.1) is 0 Å². The van der Waals surface area contributed by atoms with Crippen LogP contribution in [0.15, 0.2) is 23.0 Å². The lowest BCUT2D eigenvalue weighted by Gasteiger charge is -2.11. The van der Waals surface area contributed by atoms with E-state index in [2.05, 4.69) is 29.4 Å². The summed E-state index contributed by atoms with van der Waals surface area (Å²) >= 11 is 0. The zero-order chi connectivity index (χ0) is 14.8. The third-order valence-electron chi connectivity index (χ3n) is 4.08. The van der Waals surface area contributed by atoms with Crippen LogP contribution in [0.2, 0.25) is 0 Å². The van der Waals surface area contributed by atoms with Crippen LogP contribution in [0.25, 0.3) is 10.9 Å². The van der Waals surface area contributed by atoms with Crippen molar-refractivity contribution >= 4 is 10.9 Å². The third kappa shape index (κ3) is 3.17. The summed E-state index contributed by atoms with van der Waals surface area (Å²) < 4.78 is 5.57. The van der Waals surface area contributed by atoms with Gasteiger partial charge in [0.25, 0.3) is 5.56 Å². The number of H-pyrrole nitrogens is 1. The molecule has 1 aliphatic heterocycles. The first-order valence-electron chi connectivity index (χ1n) is 7.59. The maximum atomic E-state index is 12.2. The van der Waals surface area contributed by atoms with Gasteiger partial charge in [0, 0.05) is 25.3 Å². The molecule has 2 aromatic rings. The van der Waals surface area contributed by atoms with Crippen molar-refractivity contribution in [3.05, 3.63) is 45.2 Å². The first-order chi connectivity index (χ1) is 10.1. The molecule has 3 rings (SSSR count). The Morgan fingerprint density at radius 2 is 2.19 bits per heavy atom. The van der Waals surface area contributed by atoms with Gasteiger partial charge in [-0.2, -0.15) is 0 Å². The summed E-state index contributed by atoms with van der Waals surface area (Å²) in [6, 6.07) is 6.20. The third-order valence-corrected chi connectivity index (χ3v) is 4.08. The minimum Gasteiger partial charge on any atom is -0.377 e. The van der Waals surface area contributed by atoms with Crippen LogP contribution in [0, 0.1) is 13.8 Å². The number of aryl methyl sites for hydroxylation is 2. The molecule has 2 N–H and O–H groups in total. The molecule has 0 spiro atoms. The summed E-state index contributed by atoms with van der Waals surface area (Å²) in [4.78, 5) is 15.2. The molecule has 2 heterocycles. The van der Waals surface area contributed by atoms with Crippen LogP contribution in [0.5, 0.6) is 0 Å². The predicted molar refractivity (Wildman–Crippen MR) is 84.7 cm³/mol. The van der Waals surface area contributed by atoms with Crippen molar-refractivity contribution in [1.82, 2.24) is 10.3 Å². The topological polar surface area (TPSA) is 54.1 Å². The molecule has 112 valence electrons. The Morgan fingerprint density at radius 3 is 2.95 bits per heavy atom. The Balaban J connectivity index is 1.78. The second kappa shape index (κ2) is 6.00. The second-order valence-corrected chi connectivity index (χ2v) is 5.94. The number of hydrogen-bond donors (Lipinski definition) is 2. The molecule has 0 aliphatic carbocycles. The molecule has 0 amide bonds. The Morgan fingerprint density at radius 1 is 1.33 bits per heavy atom. The molecule has 1 aliphatic rings. The quantitative estimate of drug-likeness (QED) is 0.907. The van der Waals surface area contributed by atoms with E-state index in [-0.39, 0.29) is 5.56 Å². The SMILES string of the molecule is Cc1cc(C)c2[nH]c(=O)c(CNC[C@H]3CCCO3)cc2c1. The normalized spacial score (nSPS) is 18.5. The van der Waals surface area contributed by atoms with E-state index in [1.165, 1.54) is 5.56 Å². The summed E-state index contributed by atoms with van der Waals surface area (Å²) in [7, 11) is 0. The van der Waals surface area contributed by atoms with Gasteiger partial charge in [-0.25, -0.2) is 0 Å². The number of fused-ring (bicyclic) bond motifs is 1. The van der Waals surface area contributed by atoms with E-state index >= 15 is 0 Å². The molecule has 1 saturated heterocycles. The lowest BCUT2D eigenvalue weighted by Crippen LogP contribution is -2.28. The van der Waals surface area contributed by atoms with Crippen molar-refractivity contribution in [3.63, 3.8) is 0 Å². The number of pyridine rings is 1. The minimum atomic E-state index is -0.00528. The zero-order valence-corrected chi connectivity index (χ0v) is 12.7. The molecular formula is C17H22N2O2. The number of benzene rings is 1. The summed E-state index contributed by atoms with van der Waals surface area (Å²) in [6.07, 6.45) is 2.55. The van der Waals surface area contributed by atoms with Crippen molar-refractivity contribution < 1.29 is 4.74 Å². The number of aromatic nitrogens is 1. The highest BCUT2D eigenvalue weighted by atomic mass is 16.5. The fourth-order valence-corrected chi connectivity index (χ4v) is 3.04. The van der Waals surface area contributed by atoms with Crippen LogP contribution in [0.1, 0.15) is 29.5 Å². The van der Waals surface area contributed by atoms with Crippen molar-refractivity contribution in [1.29, 1.82) is 0 Å². The van der Waals surface area contributed by atoms with E-state index in [1.54, 1.807) is 0 Å². The first kappa shape index (κ1) is 14.3. The summed E-state index contributed by atoms with van der Waals surface area (Å²) in [5.74, 6) is 0. The van der Waals surface area contributed by atoms with E-state index < -0.39 is 0 Å². The van der Waals surface area contributed by atoms with Gasteiger partial charge in [0.2, 0.25) is 0 Å². The van der Waals surface area contributed by atoms with Crippen LogP contribution in [0.3, 0.4) is 0 Å². The lowest BCUT2D eigenvalue weighted by molar-refractivity contribution is 0.110. The summed E-state index contributed by atoms with van der Waals surface area (Å²) in [6.45, 7) is 6.36. The molecular weight excluding hydrogens is 264 g/mol. The Hall–Kier alpha value is -1.65. The van der Waals surface area contributed by atoms with Gasteiger partial charge >= 0.3 is 0 Å². The molecule has 0 saturated carbocycles. The molecule has 1 aromatic heterocycles. The first-order valence-corrected chi connectivity index (χ1v) is 7.59. The van der Waals surface area contributed by atoms with Crippen molar-refractivity contribution in [2.45, 2.75) is 39.3 Å². The van der Waals surface area contributed by atoms with Crippen LogP contribution < -0.4 is 10.9 Å². The van der Waals surface area contributed by atoms with Crippen LogP contribution in [-0.4, -0.2) is 24.2 Å². The number of hydrogen-bond acceptors (Lipinski definition) is 3. The standard InChI is InChI=1S/C17H22N2O2/c1-11-6-12(2)16-13(7-11)8-14(17(20)19-16)9-18-10-15-4-3-5-21-15/h6-8,15,18H,3-5,9-10H2,1-2H3,(H,19,20)/t15-/m1/s1. The molecule has 0 radical (unpaired) electrons. The van der Waals surface area contributed by atoms with E-state index in [1.807, 2.05) is 13.0 Å². The van der Waals surface area contributed by atoms with E-state index in [0.29, 0.717) is 12.6 Å². The van der Waals surface area contributed by atoms with Gasteiger partial charge in [0.05, 0.1) is 11.6 Å². The monoisotopic (exact) mass is 286 g/mol. The molecule has 4 nitrogen and oxygen atoms in total. The average Bonchev–Trinajstić information content (AvgIpc) is 2.93. The molecule has 0 bridgehead atoms. The highest BCUT2D eigenvalue weighted by Gasteiger charge is 2.14. The summed E-state index contributed by atoms with van der Waals surface area (Å²) in [5, 5.41) is 4.43. The number of ether oxygens (including phenoxy) is 1. The van der Waals surface area contributed by atoms with Gasteiger partial charge in [0.1, 0.15) is 0 Å². The maximum absolute atomic E-state index is 12.2. The van der Waals surface area contributed by atoms with Gasteiger partial charge in [0.15, 0.2) is 0 Å². The Bertz CT molecular complexity index is 700. The van der Waals surface area contributed by atoms with E-state index in [0.717, 1.165) is 48.0 Å². The van der Waals surface area contributed by atoms with Crippen molar-refractivity contribution in [3.8, 4) is 0 Å². The van der Waals surface area contributed by atoms with Gasteiger partial charge in [-0.3, -0.25) is 4.79 Å². The number of aromatic amines is 1. The van der Waals surface area contributed by atoms with Crippen molar-refractivity contribution in [2.75, 3.05) is 13.2 Å².